The predicted octanol–water partition coefficient (Wildman–Crippen LogP) is 2.85. The van der Waals surface area contributed by atoms with Crippen LogP contribution in [-0.4, -0.2) is 10.2 Å². The molecule has 2 rings (SSSR count). The molecule has 18 heavy (non-hydrogen) atoms. The average molecular weight is 251 g/mol. The molecule has 5 heteroatoms. The van der Waals surface area contributed by atoms with Crippen LogP contribution in [0.25, 0.3) is 0 Å². The zero-order valence-corrected chi connectivity index (χ0v) is 10.3. The highest BCUT2D eigenvalue weighted by Gasteiger charge is 2.13. The van der Waals surface area contributed by atoms with E-state index < -0.39 is 5.82 Å². The quantitative estimate of drug-likeness (QED) is 0.877. The number of hydrogen-bond acceptors (Lipinski definition) is 2. The van der Waals surface area contributed by atoms with E-state index in [0.717, 1.165) is 5.69 Å². The van der Waals surface area contributed by atoms with Crippen LogP contribution in [-0.2, 0) is 6.54 Å². The van der Waals surface area contributed by atoms with E-state index in [0.29, 0.717) is 17.7 Å². The molecule has 0 saturated carbocycles. The number of aromatic amines is 1. The van der Waals surface area contributed by atoms with Gasteiger partial charge in [0.25, 0.3) is 0 Å². The van der Waals surface area contributed by atoms with E-state index in [9.17, 15) is 8.78 Å². The van der Waals surface area contributed by atoms with Crippen molar-refractivity contribution >= 4 is 0 Å². The van der Waals surface area contributed by atoms with Gasteiger partial charge in [0, 0.05) is 30.0 Å². The van der Waals surface area contributed by atoms with Crippen LogP contribution in [0.15, 0.2) is 24.4 Å². The maximum absolute atomic E-state index is 13.7. The molecule has 1 aromatic carbocycles. The fourth-order valence-corrected chi connectivity index (χ4v) is 1.75. The van der Waals surface area contributed by atoms with Gasteiger partial charge >= 0.3 is 0 Å². The predicted molar refractivity (Wildman–Crippen MR) is 64.9 cm³/mol. The van der Waals surface area contributed by atoms with E-state index in [2.05, 4.69) is 15.5 Å². The van der Waals surface area contributed by atoms with E-state index in [1.165, 1.54) is 12.1 Å². The van der Waals surface area contributed by atoms with Gasteiger partial charge in [0.2, 0.25) is 0 Å². The van der Waals surface area contributed by atoms with Gasteiger partial charge in [-0.3, -0.25) is 5.10 Å². The summed E-state index contributed by atoms with van der Waals surface area (Å²) in [4.78, 5) is 0. The first-order valence-corrected chi connectivity index (χ1v) is 5.75. The number of rotatable bonds is 4. The molecule has 1 aromatic heterocycles. The molecule has 0 aliphatic rings. The fraction of sp³-hybridized carbons (Fsp3) is 0.308. The van der Waals surface area contributed by atoms with Gasteiger partial charge < -0.3 is 5.32 Å². The summed E-state index contributed by atoms with van der Waals surface area (Å²) in [5.74, 6) is -0.778. The minimum absolute atomic E-state index is 0.275. The molecule has 0 fully saturated rings. The van der Waals surface area contributed by atoms with Crippen molar-refractivity contribution in [3.05, 3.63) is 52.9 Å². The molecule has 0 aliphatic carbocycles. The average Bonchev–Trinajstić information content (AvgIpc) is 2.84. The Balaban J connectivity index is 2.09. The third-order valence-corrected chi connectivity index (χ3v) is 2.90. The Labute approximate surface area is 104 Å². The van der Waals surface area contributed by atoms with Gasteiger partial charge in [-0.15, -0.1) is 0 Å². The van der Waals surface area contributed by atoms with Crippen molar-refractivity contribution < 1.29 is 8.78 Å². The molecular formula is C13H15F2N3. The Kier molecular flexibility index (Phi) is 3.72. The number of aromatic nitrogens is 2. The zero-order chi connectivity index (χ0) is 13.1. The second-order valence-corrected chi connectivity index (χ2v) is 4.31. The molecular weight excluding hydrogens is 236 g/mol. The molecule has 0 amide bonds. The van der Waals surface area contributed by atoms with Crippen molar-refractivity contribution in [3.63, 3.8) is 0 Å². The van der Waals surface area contributed by atoms with Crippen molar-refractivity contribution in [2.75, 3.05) is 0 Å². The van der Waals surface area contributed by atoms with Crippen molar-refractivity contribution in [3.8, 4) is 0 Å². The van der Waals surface area contributed by atoms with Crippen LogP contribution in [0.4, 0.5) is 8.78 Å². The summed E-state index contributed by atoms with van der Waals surface area (Å²) < 4.78 is 27.1. The van der Waals surface area contributed by atoms with Gasteiger partial charge in [-0.05, 0) is 37.6 Å². The first-order valence-electron chi connectivity index (χ1n) is 5.75. The van der Waals surface area contributed by atoms with E-state index in [1.54, 1.807) is 20.0 Å². The summed E-state index contributed by atoms with van der Waals surface area (Å²) in [5.41, 5.74) is 1.55. The highest BCUT2D eigenvalue weighted by molar-refractivity contribution is 5.27. The number of halogens is 2. The first kappa shape index (κ1) is 12.7. The third-order valence-electron chi connectivity index (χ3n) is 2.90. The zero-order valence-electron chi connectivity index (χ0n) is 10.3. The maximum atomic E-state index is 13.7. The van der Waals surface area contributed by atoms with Gasteiger partial charge in [-0.25, -0.2) is 8.78 Å². The lowest BCUT2D eigenvalue weighted by atomic mass is 10.0. The van der Waals surface area contributed by atoms with Gasteiger partial charge in [0.15, 0.2) is 0 Å². The highest BCUT2D eigenvalue weighted by Crippen LogP contribution is 2.20. The molecule has 0 spiro atoms. The monoisotopic (exact) mass is 251 g/mol. The van der Waals surface area contributed by atoms with E-state index >= 15 is 0 Å². The largest absolute Gasteiger partial charge is 0.304 e. The summed E-state index contributed by atoms with van der Waals surface area (Å²) in [6.45, 7) is 3.87. The minimum Gasteiger partial charge on any atom is -0.304 e. The lowest BCUT2D eigenvalue weighted by Crippen LogP contribution is -2.19. The van der Waals surface area contributed by atoms with Crippen LogP contribution in [0, 0.1) is 18.6 Å². The van der Waals surface area contributed by atoms with E-state index in [4.69, 9.17) is 0 Å². The Morgan fingerprint density at radius 1 is 1.33 bits per heavy atom. The van der Waals surface area contributed by atoms with Gasteiger partial charge in [0.05, 0.1) is 0 Å². The number of benzene rings is 1. The second-order valence-electron chi connectivity index (χ2n) is 4.31. The number of aryl methyl sites for hydroxylation is 1. The van der Waals surface area contributed by atoms with Crippen LogP contribution in [0.1, 0.15) is 29.8 Å². The highest BCUT2D eigenvalue weighted by atomic mass is 19.1. The SMILES string of the molecule is Cc1cc(F)c(C(C)NCc2ccn[nH]2)cc1F. The topological polar surface area (TPSA) is 40.7 Å². The first-order chi connectivity index (χ1) is 8.58. The lowest BCUT2D eigenvalue weighted by molar-refractivity contribution is 0.513. The number of hydrogen-bond donors (Lipinski definition) is 2. The summed E-state index contributed by atoms with van der Waals surface area (Å²) >= 11 is 0. The van der Waals surface area contributed by atoms with Gasteiger partial charge in [-0.1, -0.05) is 0 Å². The summed E-state index contributed by atoms with van der Waals surface area (Å²) in [6, 6.07) is 4.02. The van der Waals surface area contributed by atoms with Crippen molar-refractivity contribution in [1.82, 2.24) is 15.5 Å². The molecule has 0 saturated heterocycles. The van der Waals surface area contributed by atoms with E-state index in [-0.39, 0.29) is 11.9 Å². The number of H-pyrrole nitrogens is 1. The molecule has 1 heterocycles. The van der Waals surface area contributed by atoms with E-state index in [1.807, 2.05) is 6.07 Å². The van der Waals surface area contributed by atoms with Gasteiger partial charge in [-0.2, -0.15) is 5.10 Å². The number of nitrogens with zero attached hydrogens (tertiary/aromatic N) is 1. The normalized spacial score (nSPS) is 12.7. The van der Waals surface area contributed by atoms with Crippen LogP contribution in [0.2, 0.25) is 0 Å². The Morgan fingerprint density at radius 3 is 2.78 bits per heavy atom. The Hall–Kier alpha value is -1.75. The lowest BCUT2D eigenvalue weighted by Gasteiger charge is -2.15. The molecule has 0 radical (unpaired) electrons. The fourth-order valence-electron chi connectivity index (χ4n) is 1.75. The van der Waals surface area contributed by atoms with Crippen molar-refractivity contribution in [2.45, 2.75) is 26.4 Å². The minimum atomic E-state index is -0.390. The maximum Gasteiger partial charge on any atom is 0.128 e. The Morgan fingerprint density at radius 2 is 2.11 bits per heavy atom. The summed E-state index contributed by atoms with van der Waals surface area (Å²) in [7, 11) is 0. The second kappa shape index (κ2) is 5.27. The van der Waals surface area contributed by atoms with Crippen LogP contribution in [0.5, 0.6) is 0 Å². The smallest absolute Gasteiger partial charge is 0.128 e. The molecule has 96 valence electrons. The molecule has 0 aliphatic heterocycles. The van der Waals surface area contributed by atoms with Crippen LogP contribution in [0.3, 0.4) is 0 Å². The molecule has 0 bridgehead atoms. The number of nitrogens with one attached hydrogen (secondary N) is 2. The van der Waals surface area contributed by atoms with Crippen LogP contribution < -0.4 is 5.32 Å². The third kappa shape index (κ3) is 2.73. The van der Waals surface area contributed by atoms with Gasteiger partial charge in [0.1, 0.15) is 11.6 Å². The molecule has 1 unspecified atom stereocenters. The molecule has 3 nitrogen and oxygen atoms in total. The van der Waals surface area contributed by atoms with Crippen molar-refractivity contribution in [1.29, 1.82) is 0 Å². The van der Waals surface area contributed by atoms with Crippen LogP contribution >= 0.6 is 0 Å². The Bertz CT molecular complexity index is 523. The summed E-state index contributed by atoms with van der Waals surface area (Å²) in [5, 5.41) is 9.73. The summed E-state index contributed by atoms with van der Waals surface area (Å²) in [6.07, 6.45) is 1.65. The molecule has 1 atom stereocenters. The standard InChI is InChI=1S/C13H15F2N3/c1-8-5-13(15)11(6-12(8)14)9(2)16-7-10-3-4-17-18-10/h3-6,9,16H,7H2,1-2H3,(H,17,18). The molecule has 2 aromatic rings. The van der Waals surface area contributed by atoms with Crippen molar-refractivity contribution in [2.24, 2.45) is 0 Å². The molecule has 2 N–H and O–H groups in total.